The van der Waals surface area contributed by atoms with Crippen LogP contribution in [-0.2, 0) is 22.7 Å². The molecular weight excluding hydrogens is 270 g/mol. The lowest BCUT2D eigenvalue weighted by molar-refractivity contribution is -0.118. The summed E-state index contributed by atoms with van der Waals surface area (Å²) in [5.74, 6) is -0.558. The predicted octanol–water partition coefficient (Wildman–Crippen LogP) is 0.939. The van der Waals surface area contributed by atoms with Crippen LogP contribution in [0.25, 0.3) is 0 Å². The molecule has 1 heterocycles. The Bertz CT molecular complexity index is 650. The number of hydrogen-bond donors (Lipinski definition) is 3. The summed E-state index contributed by atoms with van der Waals surface area (Å²) in [7, 11) is 0. The van der Waals surface area contributed by atoms with Crippen molar-refractivity contribution in [2.75, 3.05) is 10.6 Å². The number of aromatic nitrogens is 2. The van der Waals surface area contributed by atoms with Gasteiger partial charge in [-0.15, -0.1) is 0 Å². The van der Waals surface area contributed by atoms with Gasteiger partial charge in [0, 0.05) is 25.4 Å². The number of amides is 2. The van der Waals surface area contributed by atoms with Gasteiger partial charge in [-0.2, -0.15) is 5.10 Å². The Morgan fingerprint density at radius 2 is 2.10 bits per heavy atom. The first kappa shape index (κ1) is 14.6. The van der Waals surface area contributed by atoms with Gasteiger partial charge >= 0.3 is 0 Å². The van der Waals surface area contributed by atoms with E-state index in [-0.39, 0.29) is 12.5 Å². The average molecular weight is 287 g/mol. The number of primary amides is 1. The van der Waals surface area contributed by atoms with Crippen molar-refractivity contribution >= 4 is 23.2 Å². The molecule has 4 N–H and O–H groups in total. The molecule has 0 saturated carbocycles. The Kier molecular flexibility index (Phi) is 4.55. The third-order valence-corrected chi connectivity index (χ3v) is 2.76. The molecule has 2 rings (SSSR count). The monoisotopic (exact) mass is 287 g/mol. The fraction of sp³-hybridized carbons (Fsp3) is 0.214. The summed E-state index contributed by atoms with van der Waals surface area (Å²) >= 11 is 0. The third-order valence-electron chi connectivity index (χ3n) is 2.76. The largest absolute Gasteiger partial charge is 0.378 e. The Balaban J connectivity index is 2.01. The number of nitrogens with one attached hydrogen (secondary N) is 2. The summed E-state index contributed by atoms with van der Waals surface area (Å²) in [5.41, 5.74) is 7.60. The smallest absolute Gasteiger partial charge is 0.239 e. The van der Waals surface area contributed by atoms with Crippen molar-refractivity contribution in [3.8, 4) is 0 Å². The molecule has 110 valence electrons. The normalized spacial score (nSPS) is 10.1. The number of benzene rings is 1. The van der Waals surface area contributed by atoms with Crippen molar-refractivity contribution in [3.05, 3.63) is 42.2 Å². The zero-order valence-electron chi connectivity index (χ0n) is 11.7. The molecule has 0 aliphatic carbocycles. The maximum Gasteiger partial charge on any atom is 0.239 e. The summed E-state index contributed by atoms with van der Waals surface area (Å²) in [4.78, 5) is 22.0. The first-order valence-corrected chi connectivity index (χ1v) is 6.44. The summed E-state index contributed by atoms with van der Waals surface area (Å²) in [6.07, 6.45) is 3.32. The van der Waals surface area contributed by atoms with Gasteiger partial charge in [0.25, 0.3) is 0 Å². The summed E-state index contributed by atoms with van der Waals surface area (Å²) in [5, 5.41) is 9.98. The van der Waals surface area contributed by atoms with Gasteiger partial charge in [-0.1, -0.05) is 18.2 Å². The molecule has 0 aliphatic rings. The maximum atomic E-state index is 11.2. The first-order chi connectivity index (χ1) is 10.0. The number of hydrogen-bond acceptors (Lipinski definition) is 4. The molecule has 0 unspecified atom stereocenters. The van der Waals surface area contributed by atoms with E-state index in [2.05, 4.69) is 15.7 Å². The van der Waals surface area contributed by atoms with Gasteiger partial charge in [-0.25, -0.2) is 0 Å². The van der Waals surface area contributed by atoms with E-state index in [1.807, 2.05) is 24.3 Å². The Hall–Kier alpha value is -2.83. The number of carbonyl (C=O) groups is 2. The first-order valence-electron chi connectivity index (χ1n) is 6.44. The minimum atomic E-state index is -0.444. The van der Waals surface area contributed by atoms with Crippen molar-refractivity contribution in [2.45, 2.75) is 20.0 Å². The standard InChI is InChI=1S/C14H17N5O2/c1-10(20)18-13-5-3-2-4-11(13)6-16-12-7-17-19(8-12)9-14(15)21/h2-5,7-8,16H,6,9H2,1H3,(H2,15,21)(H,18,20). The van der Waals surface area contributed by atoms with E-state index in [1.54, 1.807) is 12.4 Å². The Morgan fingerprint density at radius 1 is 1.33 bits per heavy atom. The number of carbonyl (C=O) groups excluding carboxylic acids is 2. The molecule has 0 atom stereocenters. The van der Waals surface area contributed by atoms with Gasteiger partial charge in [-0.3, -0.25) is 14.3 Å². The molecule has 2 aromatic rings. The average Bonchev–Trinajstić information content (AvgIpc) is 2.84. The molecule has 1 aromatic carbocycles. The van der Waals surface area contributed by atoms with Crippen molar-refractivity contribution in [3.63, 3.8) is 0 Å². The second-order valence-electron chi connectivity index (χ2n) is 4.58. The van der Waals surface area contributed by atoms with E-state index < -0.39 is 5.91 Å². The lowest BCUT2D eigenvalue weighted by Gasteiger charge is -2.10. The fourth-order valence-electron chi connectivity index (χ4n) is 1.88. The molecule has 0 spiro atoms. The molecule has 2 amide bonds. The highest BCUT2D eigenvalue weighted by Gasteiger charge is 2.05. The quantitative estimate of drug-likeness (QED) is 0.735. The molecule has 0 radical (unpaired) electrons. The topological polar surface area (TPSA) is 102 Å². The summed E-state index contributed by atoms with van der Waals surface area (Å²) in [6.45, 7) is 2.04. The molecule has 7 heteroatoms. The number of nitrogens with two attached hydrogens (primary N) is 1. The van der Waals surface area contributed by atoms with Crippen LogP contribution in [0.4, 0.5) is 11.4 Å². The van der Waals surface area contributed by atoms with Crippen LogP contribution in [0, 0.1) is 0 Å². The van der Waals surface area contributed by atoms with Crippen LogP contribution in [0.15, 0.2) is 36.7 Å². The van der Waals surface area contributed by atoms with Crippen molar-refractivity contribution in [1.29, 1.82) is 0 Å². The van der Waals surface area contributed by atoms with Gasteiger partial charge in [0.2, 0.25) is 11.8 Å². The van der Waals surface area contributed by atoms with Crippen LogP contribution in [0.2, 0.25) is 0 Å². The van der Waals surface area contributed by atoms with Gasteiger partial charge in [-0.05, 0) is 11.6 Å². The van der Waals surface area contributed by atoms with E-state index in [1.165, 1.54) is 11.6 Å². The molecular formula is C14H17N5O2. The Labute approximate surface area is 122 Å². The highest BCUT2D eigenvalue weighted by atomic mass is 16.1. The zero-order valence-corrected chi connectivity index (χ0v) is 11.7. The van der Waals surface area contributed by atoms with Gasteiger partial charge in [0.05, 0.1) is 11.9 Å². The van der Waals surface area contributed by atoms with Crippen molar-refractivity contribution in [2.24, 2.45) is 5.73 Å². The molecule has 0 aliphatic heterocycles. The van der Waals surface area contributed by atoms with E-state index in [0.29, 0.717) is 6.54 Å². The second-order valence-corrected chi connectivity index (χ2v) is 4.58. The molecule has 0 fully saturated rings. The minimum absolute atomic E-state index is 0.0458. The van der Waals surface area contributed by atoms with E-state index in [4.69, 9.17) is 5.73 Å². The fourth-order valence-corrected chi connectivity index (χ4v) is 1.88. The lowest BCUT2D eigenvalue weighted by Crippen LogP contribution is -2.18. The highest BCUT2D eigenvalue weighted by molar-refractivity contribution is 5.89. The minimum Gasteiger partial charge on any atom is -0.378 e. The van der Waals surface area contributed by atoms with Gasteiger partial charge < -0.3 is 16.4 Å². The SMILES string of the molecule is CC(=O)Nc1ccccc1CNc1cnn(CC(N)=O)c1. The number of anilines is 2. The van der Waals surface area contributed by atoms with Crippen LogP contribution in [-0.4, -0.2) is 21.6 Å². The lowest BCUT2D eigenvalue weighted by atomic mass is 10.1. The predicted molar refractivity (Wildman–Crippen MR) is 79.5 cm³/mol. The number of rotatable bonds is 6. The van der Waals surface area contributed by atoms with Crippen LogP contribution in [0.5, 0.6) is 0 Å². The summed E-state index contributed by atoms with van der Waals surface area (Å²) < 4.78 is 1.46. The molecule has 1 aromatic heterocycles. The number of nitrogens with zero attached hydrogens (tertiary/aromatic N) is 2. The van der Waals surface area contributed by atoms with Gasteiger partial charge in [0.15, 0.2) is 0 Å². The van der Waals surface area contributed by atoms with Gasteiger partial charge in [0.1, 0.15) is 6.54 Å². The summed E-state index contributed by atoms with van der Waals surface area (Å²) in [6, 6.07) is 7.53. The molecule has 7 nitrogen and oxygen atoms in total. The van der Waals surface area contributed by atoms with Crippen LogP contribution < -0.4 is 16.4 Å². The molecule has 0 bridgehead atoms. The molecule has 21 heavy (non-hydrogen) atoms. The van der Waals surface area contributed by atoms with Crippen LogP contribution in [0.3, 0.4) is 0 Å². The van der Waals surface area contributed by atoms with E-state index in [0.717, 1.165) is 16.9 Å². The van der Waals surface area contributed by atoms with Crippen molar-refractivity contribution < 1.29 is 9.59 Å². The molecule has 0 saturated heterocycles. The van der Waals surface area contributed by atoms with Crippen LogP contribution >= 0.6 is 0 Å². The van der Waals surface area contributed by atoms with E-state index in [9.17, 15) is 9.59 Å². The van der Waals surface area contributed by atoms with E-state index >= 15 is 0 Å². The van der Waals surface area contributed by atoms with Crippen molar-refractivity contribution in [1.82, 2.24) is 9.78 Å². The Morgan fingerprint density at radius 3 is 2.81 bits per heavy atom. The maximum absolute atomic E-state index is 11.2. The number of para-hydroxylation sites is 1. The highest BCUT2D eigenvalue weighted by Crippen LogP contribution is 2.17. The zero-order chi connectivity index (χ0) is 15.2. The van der Waals surface area contributed by atoms with Crippen LogP contribution in [0.1, 0.15) is 12.5 Å². The third kappa shape index (κ3) is 4.34. The second kappa shape index (κ2) is 6.56.